The van der Waals surface area contributed by atoms with Crippen molar-refractivity contribution < 1.29 is 4.79 Å². The number of carbonyl (C=O) groups excluding carboxylic acids is 1. The van der Waals surface area contributed by atoms with Gasteiger partial charge >= 0.3 is 0 Å². The largest absolute Gasteiger partial charge is 0.356 e. The Morgan fingerprint density at radius 2 is 1.91 bits per heavy atom. The van der Waals surface area contributed by atoms with Crippen LogP contribution in [0.3, 0.4) is 0 Å². The van der Waals surface area contributed by atoms with Gasteiger partial charge in [0.1, 0.15) is 11.6 Å². The second-order valence-corrected chi connectivity index (χ2v) is 6.38. The summed E-state index contributed by atoms with van der Waals surface area (Å²) in [7, 11) is 0. The fourth-order valence-electron chi connectivity index (χ4n) is 3.47. The molecule has 120 valence electrons. The molecule has 5 nitrogen and oxygen atoms in total. The van der Waals surface area contributed by atoms with Crippen LogP contribution in [0.1, 0.15) is 56.1 Å². The maximum atomic E-state index is 12.2. The van der Waals surface area contributed by atoms with Gasteiger partial charge in [0.15, 0.2) is 0 Å². The van der Waals surface area contributed by atoms with Crippen molar-refractivity contribution in [2.45, 2.75) is 58.9 Å². The molecule has 5 heteroatoms. The molecule has 0 spiro atoms. The van der Waals surface area contributed by atoms with Crippen molar-refractivity contribution in [3.63, 3.8) is 0 Å². The lowest BCUT2D eigenvalue weighted by atomic mass is 10.0. The molecule has 0 radical (unpaired) electrons. The summed E-state index contributed by atoms with van der Waals surface area (Å²) in [5.41, 5.74) is 2.33. The molecule has 3 rings (SSSR count). The SMILES string of the molecule is CCCC(=O)N1CCc2nc(C)nc(N3CCCCC3)c2C1. The van der Waals surface area contributed by atoms with Gasteiger partial charge in [-0.05, 0) is 32.6 Å². The molecule has 22 heavy (non-hydrogen) atoms. The van der Waals surface area contributed by atoms with Crippen LogP contribution in [0.4, 0.5) is 5.82 Å². The number of hydrogen-bond donors (Lipinski definition) is 0. The van der Waals surface area contributed by atoms with Gasteiger partial charge in [-0.15, -0.1) is 0 Å². The first-order chi connectivity index (χ1) is 10.7. The lowest BCUT2D eigenvalue weighted by molar-refractivity contribution is -0.132. The summed E-state index contributed by atoms with van der Waals surface area (Å²) < 4.78 is 0. The Hall–Kier alpha value is -1.65. The number of rotatable bonds is 3. The van der Waals surface area contributed by atoms with Crippen LogP contribution in [0.25, 0.3) is 0 Å². The number of carbonyl (C=O) groups is 1. The zero-order valence-electron chi connectivity index (χ0n) is 13.8. The molecule has 1 aromatic rings. The summed E-state index contributed by atoms with van der Waals surface area (Å²) in [5.74, 6) is 2.20. The van der Waals surface area contributed by atoms with Crippen LogP contribution in [-0.2, 0) is 17.8 Å². The minimum Gasteiger partial charge on any atom is -0.356 e. The predicted molar refractivity (Wildman–Crippen MR) is 86.9 cm³/mol. The quantitative estimate of drug-likeness (QED) is 0.860. The summed E-state index contributed by atoms with van der Waals surface area (Å²) in [4.78, 5) is 26.0. The van der Waals surface area contributed by atoms with Crippen LogP contribution >= 0.6 is 0 Å². The molecule has 0 unspecified atom stereocenters. The zero-order valence-corrected chi connectivity index (χ0v) is 13.8. The van der Waals surface area contributed by atoms with Crippen molar-refractivity contribution in [2.75, 3.05) is 24.5 Å². The van der Waals surface area contributed by atoms with Gasteiger partial charge in [0.05, 0.1) is 12.2 Å². The average molecular weight is 302 g/mol. The first-order valence-corrected chi connectivity index (χ1v) is 8.58. The number of amides is 1. The van der Waals surface area contributed by atoms with E-state index in [2.05, 4.69) is 16.8 Å². The number of aryl methyl sites for hydroxylation is 1. The van der Waals surface area contributed by atoms with Crippen molar-refractivity contribution in [1.29, 1.82) is 0 Å². The molecule has 1 fully saturated rings. The molecule has 2 aliphatic rings. The summed E-state index contributed by atoms with van der Waals surface area (Å²) >= 11 is 0. The molecule has 2 aliphatic heterocycles. The van der Waals surface area contributed by atoms with E-state index < -0.39 is 0 Å². The highest BCUT2D eigenvalue weighted by Gasteiger charge is 2.27. The third kappa shape index (κ3) is 3.08. The molecule has 0 N–H and O–H groups in total. The summed E-state index contributed by atoms with van der Waals surface area (Å²) in [6.07, 6.45) is 6.18. The molecule has 0 saturated carbocycles. The lowest BCUT2D eigenvalue weighted by Gasteiger charge is -2.34. The van der Waals surface area contributed by atoms with E-state index in [4.69, 9.17) is 4.98 Å². The molecule has 0 bridgehead atoms. The standard InChI is InChI=1S/C17H26N4O/c1-3-7-16(22)21-11-8-15-14(12-21)17(19-13(2)18-15)20-9-5-4-6-10-20/h3-12H2,1-2H3. The van der Waals surface area contributed by atoms with Crippen molar-refractivity contribution in [2.24, 2.45) is 0 Å². The number of anilines is 1. The van der Waals surface area contributed by atoms with Gasteiger partial charge in [0.2, 0.25) is 5.91 Å². The minimum absolute atomic E-state index is 0.262. The minimum atomic E-state index is 0.262. The lowest BCUT2D eigenvalue weighted by Crippen LogP contribution is -2.39. The first kappa shape index (κ1) is 15.3. The smallest absolute Gasteiger partial charge is 0.222 e. The van der Waals surface area contributed by atoms with E-state index in [1.807, 2.05) is 11.8 Å². The summed E-state index contributed by atoms with van der Waals surface area (Å²) in [5, 5.41) is 0. The third-order valence-electron chi connectivity index (χ3n) is 4.62. The molecule has 0 aromatic carbocycles. The predicted octanol–water partition coefficient (Wildman–Crippen LogP) is 2.46. The van der Waals surface area contributed by atoms with Crippen LogP contribution in [-0.4, -0.2) is 40.4 Å². The number of fused-ring (bicyclic) bond motifs is 1. The highest BCUT2D eigenvalue weighted by molar-refractivity contribution is 5.76. The Morgan fingerprint density at radius 3 is 2.64 bits per heavy atom. The van der Waals surface area contributed by atoms with E-state index in [1.165, 1.54) is 24.8 Å². The number of hydrogen-bond acceptors (Lipinski definition) is 4. The fourth-order valence-corrected chi connectivity index (χ4v) is 3.47. The molecular formula is C17H26N4O. The number of aromatic nitrogens is 2. The second-order valence-electron chi connectivity index (χ2n) is 6.38. The average Bonchev–Trinajstić information content (AvgIpc) is 2.54. The van der Waals surface area contributed by atoms with Crippen LogP contribution in [0.15, 0.2) is 0 Å². The highest BCUT2D eigenvalue weighted by atomic mass is 16.2. The van der Waals surface area contributed by atoms with E-state index >= 15 is 0 Å². The van der Waals surface area contributed by atoms with Crippen molar-refractivity contribution in [1.82, 2.24) is 14.9 Å². The van der Waals surface area contributed by atoms with Crippen molar-refractivity contribution in [3.05, 3.63) is 17.1 Å². The second kappa shape index (κ2) is 6.63. The Morgan fingerprint density at radius 1 is 1.14 bits per heavy atom. The number of piperidine rings is 1. The van der Waals surface area contributed by atoms with Crippen LogP contribution in [0.5, 0.6) is 0 Å². The molecular weight excluding hydrogens is 276 g/mol. The Balaban J connectivity index is 1.88. The van der Waals surface area contributed by atoms with Crippen LogP contribution in [0.2, 0.25) is 0 Å². The first-order valence-electron chi connectivity index (χ1n) is 8.58. The molecule has 0 atom stereocenters. The van der Waals surface area contributed by atoms with E-state index in [-0.39, 0.29) is 5.91 Å². The van der Waals surface area contributed by atoms with Gasteiger partial charge < -0.3 is 9.80 Å². The molecule has 3 heterocycles. The van der Waals surface area contributed by atoms with E-state index in [0.29, 0.717) is 13.0 Å². The maximum Gasteiger partial charge on any atom is 0.222 e. The highest BCUT2D eigenvalue weighted by Crippen LogP contribution is 2.29. The van der Waals surface area contributed by atoms with Crippen molar-refractivity contribution in [3.8, 4) is 0 Å². The molecule has 0 aliphatic carbocycles. The van der Waals surface area contributed by atoms with Crippen LogP contribution < -0.4 is 4.90 Å². The van der Waals surface area contributed by atoms with Crippen molar-refractivity contribution >= 4 is 11.7 Å². The molecule has 1 amide bonds. The maximum absolute atomic E-state index is 12.2. The van der Waals surface area contributed by atoms with Crippen LogP contribution in [0, 0.1) is 6.92 Å². The summed E-state index contributed by atoms with van der Waals surface area (Å²) in [6, 6.07) is 0. The molecule has 1 aromatic heterocycles. The monoisotopic (exact) mass is 302 g/mol. The van der Waals surface area contributed by atoms with Gasteiger partial charge in [0.25, 0.3) is 0 Å². The van der Waals surface area contributed by atoms with E-state index in [0.717, 1.165) is 49.8 Å². The zero-order chi connectivity index (χ0) is 15.5. The topological polar surface area (TPSA) is 49.3 Å². The van der Waals surface area contributed by atoms with E-state index in [9.17, 15) is 4.79 Å². The normalized spacial score (nSPS) is 18.3. The van der Waals surface area contributed by atoms with Gasteiger partial charge in [-0.2, -0.15) is 0 Å². The molecule has 1 saturated heterocycles. The van der Waals surface area contributed by atoms with Gasteiger partial charge in [0, 0.05) is 38.0 Å². The van der Waals surface area contributed by atoms with Gasteiger partial charge in [-0.25, -0.2) is 9.97 Å². The number of nitrogens with zero attached hydrogens (tertiary/aromatic N) is 4. The Bertz CT molecular complexity index is 552. The van der Waals surface area contributed by atoms with Gasteiger partial charge in [-0.1, -0.05) is 6.92 Å². The Kier molecular flexibility index (Phi) is 4.60. The van der Waals surface area contributed by atoms with E-state index in [1.54, 1.807) is 0 Å². The third-order valence-corrected chi connectivity index (χ3v) is 4.62. The Labute approximate surface area is 132 Å². The van der Waals surface area contributed by atoms with Gasteiger partial charge in [-0.3, -0.25) is 4.79 Å². The summed E-state index contributed by atoms with van der Waals surface area (Å²) in [6.45, 7) is 7.66. The fraction of sp³-hybridized carbons (Fsp3) is 0.706.